The summed E-state index contributed by atoms with van der Waals surface area (Å²) in [4.78, 5) is 11.7. The summed E-state index contributed by atoms with van der Waals surface area (Å²) in [5.41, 5.74) is 0.559. The SMILES string of the molecule is CC[C@H](C)CC(=O)Oc1cccc(N=S(C)(C)=O)c1. The second-order valence-electron chi connectivity index (χ2n) is 4.96. The minimum absolute atomic E-state index is 0.250. The summed E-state index contributed by atoms with van der Waals surface area (Å²) in [6, 6.07) is 6.79. The largest absolute Gasteiger partial charge is 0.426 e. The maximum atomic E-state index is 11.7. The molecule has 0 unspecified atom stereocenters. The van der Waals surface area contributed by atoms with Gasteiger partial charge in [0.05, 0.1) is 5.69 Å². The minimum Gasteiger partial charge on any atom is -0.426 e. The lowest BCUT2D eigenvalue weighted by Crippen LogP contribution is -2.11. The summed E-state index contributed by atoms with van der Waals surface area (Å²) in [5.74, 6) is 0.504. The highest BCUT2D eigenvalue weighted by Gasteiger charge is 2.10. The van der Waals surface area contributed by atoms with Gasteiger partial charge in [-0.2, -0.15) is 4.36 Å². The van der Waals surface area contributed by atoms with E-state index in [-0.39, 0.29) is 5.97 Å². The van der Waals surface area contributed by atoms with E-state index in [9.17, 15) is 9.00 Å². The van der Waals surface area contributed by atoms with Crippen LogP contribution in [0.1, 0.15) is 26.7 Å². The van der Waals surface area contributed by atoms with Crippen LogP contribution < -0.4 is 4.74 Å². The van der Waals surface area contributed by atoms with E-state index in [1.165, 1.54) is 0 Å². The molecule has 4 nitrogen and oxygen atoms in total. The lowest BCUT2D eigenvalue weighted by atomic mass is 10.1. The number of carbonyl (C=O) groups is 1. The molecule has 5 heteroatoms. The van der Waals surface area contributed by atoms with Crippen molar-refractivity contribution in [1.29, 1.82) is 0 Å². The lowest BCUT2D eigenvalue weighted by molar-refractivity contribution is -0.135. The van der Waals surface area contributed by atoms with Crippen molar-refractivity contribution in [3.63, 3.8) is 0 Å². The minimum atomic E-state index is -2.21. The lowest BCUT2D eigenvalue weighted by Gasteiger charge is -2.08. The fourth-order valence-electron chi connectivity index (χ4n) is 1.46. The molecule has 1 rings (SSSR count). The van der Waals surface area contributed by atoms with Crippen molar-refractivity contribution in [3.8, 4) is 5.75 Å². The smallest absolute Gasteiger partial charge is 0.311 e. The van der Waals surface area contributed by atoms with Crippen LogP contribution in [0, 0.1) is 5.92 Å². The molecule has 0 saturated heterocycles. The molecule has 0 N–H and O–H groups in total. The zero-order valence-corrected chi connectivity index (χ0v) is 12.7. The molecule has 1 atom stereocenters. The number of carbonyl (C=O) groups excluding carboxylic acids is 1. The summed E-state index contributed by atoms with van der Waals surface area (Å²) >= 11 is 0. The van der Waals surface area contributed by atoms with Crippen molar-refractivity contribution in [2.75, 3.05) is 12.5 Å². The normalized spacial score (nSPS) is 12.8. The van der Waals surface area contributed by atoms with E-state index in [4.69, 9.17) is 4.74 Å². The Morgan fingerprint density at radius 1 is 1.42 bits per heavy atom. The Morgan fingerprint density at radius 2 is 2.11 bits per heavy atom. The molecule has 1 aromatic rings. The number of nitrogens with zero attached hydrogens (tertiary/aromatic N) is 1. The molecule has 0 fully saturated rings. The Morgan fingerprint density at radius 3 is 2.68 bits per heavy atom. The molecule has 0 spiro atoms. The van der Waals surface area contributed by atoms with E-state index in [1.54, 1.807) is 36.8 Å². The van der Waals surface area contributed by atoms with Crippen molar-refractivity contribution in [2.24, 2.45) is 10.3 Å². The third-order valence-electron chi connectivity index (χ3n) is 2.59. The quantitative estimate of drug-likeness (QED) is 0.615. The van der Waals surface area contributed by atoms with Gasteiger partial charge >= 0.3 is 5.97 Å². The summed E-state index contributed by atoms with van der Waals surface area (Å²) in [6.45, 7) is 4.05. The Hall–Kier alpha value is -1.36. The number of hydrogen-bond donors (Lipinski definition) is 0. The number of esters is 1. The third kappa shape index (κ3) is 6.38. The third-order valence-corrected chi connectivity index (χ3v) is 3.24. The average molecular weight is 283 g/mol. The van der Waals surface area contributed by atoms with Crippen LogP contribution in [0.25, 0.3) is 0 Å². The molecule has 0 radical (unpaired) electrons. The summed E-state index contributed by atoms with van der Waals surface area (Å²) in [5, 5.41) is 0. The van der Waals surface area contributed by atoms with Crippen molar-refractivity contribution in [1.82, 2.24) is 0 Å². The molecule has 0 heterocycles. The standard InChI is InChI=1S/C14H21NO3S/c1-5-11(2)9-14(16)18-13-8-6-7-12(10-13)15-19(3,4)17/h6-8,10-11H,5,9H2,1-4H3/t11-/m0/s1. The molecule has 19 heavy (non-hydrogen) atoms. The second kappa shape index (κ2) is 6.70. The van der Waals surface area contributed by atoms with Crippen molar-refractivity contribution >= 4 is 21.4 Å². The van der Waals surface area contributed by atoms with Gasteiger partial charge in [0.1, 0.15) is 5.75 Å². The topological polar surface area (TPSA) is 55.7 Å². The van der Waals surface area contributed by atoms with E-state index < -0.39 is 9.73 Å². The van der Waals surface area contributed by atoms with Gasteiger partial charge in [-0.05, 0) is 18.1 Å². The van der Waals surface area contributed by atoms with Gasteiger partial charge in [0, 0.05) is 34.7 Å². The van der Waals surface area contributed by atoms with Crippen LogP contribution in [-0.2, 0) is 14.5 Å². The highest BCUT2D eigenvalue weighted by molar-refractivity contribution is 7.92. The van der Waals surface area contributed by atoms with Gasteiger partial charge < -0.3 is 4.74 Å². The number of rotatable bonds is 5. The van der Waals surface area contributed by atoms with Gasteiger partial charge in [-0.15, -0.1) is 0 Å². The molecule has 0 aromatic heterocycles. The number of hydrogen-bond acceptors (Lipinski definition) is 4. The molecule has 0 bridgehead atoms. The Kier molecular flexibility index (Phi) is 5.54. The molecular formula is C14H21NO3S. The van der Waals surface area contributed by atoms with Crippen LogP contribution in [0.3, 0.4) is 0 Å². The Bertz CT molecular complexity index is 552. The first kappa shape index (κ1) is 15.7. The van der Waals surface area contributed by atoms with Gasteiger partial charge in [0.15, 0.2) is 0 Å². The molecule has 0 aliphatic heterocycles. The average Bonchev–Trinajstić information content (AvgIpc) is 2.26. The van der Waals surface area contributed by atoms with Gasteiger partial charge in [-0.3, -0.25) is 4.79 Å². The van der Waals surface area contributed by atoms with Gasteiger partial charge in [-0.25, -0.2) is 4.21 Å². The van der Waals surface area contributed by atoms with Crippen LogP contribution >= 0.6 is 0 Å². The fourth-order valence-corrected chi connectivity index (χ4v) is 2.08. The summed E-state index contributed by atoms with van der Waals surface area (Å²) < 4.78 is 20.9. The molecular weight excluding hydrogens is 262 g/mol. The molecule has 106 valence electrons. The summed E-state index contributed by atoms with van der Waals surface area (Å²) in [6.07, 6.45) is 4.47. The van der Waals surface area contributed by atoms with E-state index in [0.717, 1.165) is 6.42 Å². The molecule has 0 aliphatic carbocycles. The molecule has 0 aliphatic rings. The maximum absolute atomic E-state index is 11.7. The van der Waals surface area contributed by atoms with Crippen LogP contribution in [0.15, 0.2) is 28.6 Å². The van der Waals surface area contributed by atoms with Gasteiger partial charge in [0.25, 0.3) is 0 Å². The monoisotopic (exact) mass is 283 g/mol. The second-order valence-corrected chi connectivity index (χ2v) is 7.51. The zero-order chi connectivity index (χ0) is 14.5. The number of ether oxygens (including phenoxy) is 1. The number of benzene rings is 1. The van der Waals surface area contributed by atoms with E-state index in [1.807, 2.05) is 13.8 Å². The highest BCUT2D eigenvalue weighted by atomic mass is 32.2. The van der Waals surface area contributed by atoms with Crippen molar-refractivity contribution in [3.05, 3.63) is 24.3 Å². The Labute approximate surface area is 115 Å². The van der Waals surface area contributed by atoms with Crippen LogP contribution in [0.5, 0.6) is 5.75 Å². The first-order chi connectivity index (χ1) is 8.80. The zero-order valence-electron chi connectivity index (χ0n) is 11.9. The van der Waals surface area contributed by atoms with E-state index in [0.29, 0.717) is 23.8 Å². The van der Waals surface area contributed by atoms with Crippen molar-refractivity contribution in [2.45, 2.75) is 26.7 Å². The highest BCUT2D eigenvalue weighted by Crippen LogP contribution is 2.22. The van der Waals surface area contributed by atoms with Crippen LogP contribution in [-0.4, -0.2) is 22.7 Å². The fraction of sp³-hybridized carbons (Fsp3) is 0.500. The maximum Gasteiger partial charge on any atom is 0.311 e. The first-order valence-corrected chi connectivity index (χ1v) is 8.61. The molecule has 1 aromatic carbocycles. The first-order valence-electron chi connectivity index (χ1n) is 6.28. The van der Waals surface area contributed by atoms with Gasteiger partial charge in [0.2, 0.25) is 0 Å². The van der Waals surface area contributed by atoms with E-state index >= 15 is 0 Å². The molecule has 0 amide bonds. The van der Waals surface area contributed by atoms with Crippen molar-refractivity contribution < 1.29 is 13.7 Å². The van der Waals surface area contributed by atoms with Crippen LogP contribution in [0.4, 0.5) is 5.69 Å². The predicted octanol–water partition coefficient (Wildman–Crippen LogP) is 3.39. The molecule has 0 saturated carbocycles. The predicted molar refractivity (Wildman–Crippen MR) is 78.2 cm³/mol. The Balaban J connectivity index is 2.78. The van der Waals surface area contributed by atoms with E-state index in [2.05, 4.69) is 4.36 Å². The van der Waals surface area contributed by atoms with Gasteiger partial charge in [-0.1, -0.05) is 26.3 Å². The summed E-state index contributed by atoms with van der Waals surface area (Å²) in [7, 11) is -2.21. The van der Waals surface area contributed by atoms with Crippen LogP contribution in [0.2, 0.25) is 0 Å².